The lowest BCUT2D eigenvalue weighted by molar-refractivity contribution is 0.0739. The summed E-state index contributed by atoms with van der Waals surface area (Å²) in [6.07, 6.45) is 0.822. The number of likely N-dealkylation sites (N-methyl/N-ethyl adjacent to an activating group) is 1. The number of hydrogen-bond donors (Lipinski definition) is 1. The zero-order valence-corrected chi connectivity index (χ0v) is 21.0. The summed E-state index contributed by atoms with van der Waals surface area (Å²) >= 11 is 1.28. The van der Waals surface area contributed by atoms with Crippen molar-refractivity contribution in [1.82, 2.24) is 9.88 Å². The minimum atomic E-state index is -0.479. The fourth-order valence-corrected chi connectivity index (χ4v) is 5.54. The summed E-state index contributed by atoms with van der Waals surface area (Å²) < 4.78 is 16.7. The zero-order valence-electron chi connectivity index (χ0n) is 20.2. The van der Waals surface area contributed by atoms with Crippen LogP contribution in [0.4, 0.5) is 5.69 Å². The molecule has 0 radical (unpaired) electrons. The van der Waals surface area contributed by atoms with Gasteiger partial charge in [-0.2, -0.15) is 0 Å². The number of nitrogens with two attached hydrogens (primary N) is 1. The van der Waals surface area contributed by atoms with Crippen molar-refractivity contribution in [3.63, 3.8) is 0 Å². The average molecular weight is 490 g/mol. The number of pyridine rings is 1. The van der Waals surface area contributed by atoms with Gasteiger partial charge in [0, 0.05) is 36.2 Å². The molecule has 0 saturated carbocycles. The van der Waals surface area contributed by atoms with Gasteiger partial charge < -0.3 is 24.8 Å². The third kappa shape index (κ3) is 4.09. The van der Waals surface area contributed by atoms with Crippen molar-refractivity contribution >= 4 is 33.2 Å². The fraction of sp³-hybridized carbons (Fsp3) is 0.259. The van der Waals surface area contributed by atoms with Gasteiger partial charge in [-0.15, -0.1) is 11.3 Å². The number of esters is 1. The predicted molar refractivity (Wildman–Crippen MR) is 139 cm³/mol. The lowest BCUT2D eigenvalue weighted by atomic mass is 9.92. The van der Waals surface area contributed by atoms with E-state index >= 15 is 0 Å². The van der Waals surface area contributed by atoms with E-state index in [2.05, 4.69) is 11.9 Å². The number of methoxy groups -OCH3 is 2. The van der Waals surface area contributed by atoms with Crippen LogP contribution < -0.4 is 19.9 Å². The van der Waals surface area contributed by atoms with E-state index in [1.807, 2.05) is 43.3 Å². The second kappa shape index (κ2) is 9.20. The van der Waals surface area contributed by atoms with Gasteiger partial charge in [0.2, 0.25) is 0 Å². The Morgan fingerprint density at radius 2 is 1.86 bits per heavy atom. The molecule has 0 amide bonds. The standard InChI is InChI=1S/C27H27N3O4S/c1-15-7-5-6-8-19(15)34-27(31)25-24(28)23-22(16-9-10-20(32-3)21(13-16)33-4)17-14-30(2)12-11-18(17)29-26(23)35-25/h5-10,13H,11-12,14,28H2,1-4H3. The van der Waals surface area contributed by atoms with Crippen molar-refractivity contribution < 1.29 is 19.0 Å². The van der Waals surface area contributed by atoms with Gasteiger partial charge in [-0.1, -0.05) is 24.3 Å². The number of rotatable bonds is 5. The molecule has 35 heavy (non-hydrogen) atoms. The first-order valence-electron chi connectivity index (χ1n) is 11.3. The van der Waals surface area contributed by atoms with Crippen LogP contribution in [0.5, 0.6) is 17.2 Å². The van der Waals surface area contributed by atoms with Crippen LogP contribution in [0.2, 0.25) is 0 Å². The van der Waals surface area contributed by atoms with Crippen molar-refractivity contribution in [1.29, 1.82) is 0 Å². The van der Waals surface area contributed by atoms with Gasteiger partial charge in [-0.3, -0.25) is 0 Å². The molecule has 0 spiro atoms. The highest BCUT2D eigenvalue weighted by Crippen LogP contribution is 2.45. The summed E-state index contributed by atoms with van der Waals surface area (Å²) in [5.74, 6) is 1.31. The Kier molecular flexibility index (Phi) is 6.08. The van der Waals surface area contributed by atoms with E-state index in [0.29, 0.717) is 27.8 Å². The minimum Gasteiger partial charge on any atom is -0.493 e. The molecule has 3 heterocycles. The van der Waals surface area contributed by atoms with Crippen molar-refractivity contribution in [2.24, 2.45) is 0 Å². The molecular weight excluding hydrogens is 462 g/mol. The fourth-order valence-electron chi connectivity index (χ4n) is 4.54. The first-order chi connectivity index (χ1) is 16.9. The minimum absolute atomic E-state index is 0.355. The van der Waals surface area contributed by atoms with Crippen molar-refractivity contribution in [3.8, 4) is 28.4 Å². The van der Waals surface area contributed by atoms with Gasteiger partial charge in [0.05, 0.1) is 19.9 Å². The number of aromatic nitrogens is 1. The number of benzene rings is 2. The van der Waals surface area contributed by atoms with Crippen LogP contribution in [-0.2, 0) is 13.0 Å². The van der Waals surface area contributed by atoms with E-state index in [1.54, 1.807) is 20.3 Å². The van der Waals surface area contributed by atoms with E-state index in [9.17, 15) is 4.79 Å². The number of ether oxygens (including phenoxy) is 3. The Hall–Kier alpha value is -3.62. The Labute approximate surface area is 208 Å². The average Bonchev–Trinajstić information content (AvgIpc) is 3.19. The van der Waals surface area contributed by atoms with Gasteiger partial charge in [0.25, 0.3) is 0 Å². The number of para-hydroxylation sites is 1. The Morgan fingerprint density at radius 1 is 1.09 bits per heavy atom. The molecule has 0 bridgehead atoms. The third-order valence-electron chi connectivity index (χ3n) is 6.38. The smallest absolute Gasteiger partial charge is 0.355 e. The SMILES string of the molecule is COc1ccc(-c2c3c(nc4sc(C(=O)Oc5ccccc5C)c(N)c24)CCN(C)C3)cc1OC. The Morgan fingerprint density at radius 3 is 2.60 bits per heavy atom. The maximum absolute atomic E-state index is 13.2. The van der Waals surface area contributed by atoms with Gasteiger partial charge >= 0.3 is 5.97 Å². The molecule has 4 aromatic rings. The number of carbonyl (C=O) groups excluding carboxylic acids is 1. The number of carbonyl (C=O) groups is 1. The highest BCUT2D eigenvalue weighted by atomic mass is 32.1. The predicted octanol–water partition coefficient (Wildman–Crippen LogP) is 5.08. The quantitative estimate of drug-likeness (QED) is 0.309. The molecule has 2 aromatic heterocycles. The molecule has 8 heteroatoms. The van der Waals surface area contributed by atoms with Crippen LogP contribution >= 0.6 is 11.3 Å². The Balaban J connectivity index is 1.71. The molecule has 180 valence electrons. The summed E-state index contributed by atoms with van der Waals surface area (Å²) in [6, 6.07) is 13.2. The maximum atomic E-state index is 13.2. The largest absolute Gasteiger partial charge is 0.493 e. The number of thiophene rings is 1. The first kappa shape index (κ1) is 23.1. The van der Waals surface area contributed by atoms with Crippen LogP contribution in [0.1, 0.15) is 26.5 Å². The normalized spacial score (nSPS) is 13.5. The van der Waals surface area contributed by atoms with Gasteiger partial charge in [-0.25, -0.2) is 9.78 Å². The number of anilines is 1. The molecule has 5 rings (SSSR count). The molecule has 0 saturated heterocycles. The van der Waals surface area contributed by atoms with Crippen LogP contribution in [0, 0.1) is 6.92 Å². The lowest BCUT2D eigenvalue weighted by Gasteiger charge is -2.27. The number of aryl methyl sites for hydroxylation is 1. The van der Waals surface area contributed by atoms with Crippen LogP contribution in [0.3, 0.4) is 0 Å². The van der Waals surface area contributed by atoms with E-state index in [4.69, 9.17) is 24.9 Å². The lowest BCUT2D eigenvalue weighted by Crippen LogP contribution is -2.27. The topological polar surface area (TPSA) is 86.9 Å². The zero-order chi connectivity index (χ0) is 24.7. The first-order valence-corrected chi connectivity index (χ1v) is 12.1. The highest BCUT2D eigenvalue weighted by Gasteiger charge is 2.28. The Bertz CT molecular complexity index is 1450. The number of nitrogens with zero attached hydrogens (tertiary/aromatic N) is 2. The molecule has 0 fully saturated rings. The molecule has 1 aliphatic rings. The van der Waals surface area contributed by atoms with Crippen molar-refractivity contribution in [2.45, 2.75) is 19.9 Å². The summed E-state index contributed by atoms with van der Waals surface area (Å²) in [4.78, 5) is 21.5. The number of hydrogen-bond acceptors (Lipinski definition) is 8. The van der Waals surface area contributed by atoms with Crippen molar-refractivity contribution in [3.05, 3.63) is 64.2 Å². The van der Waals surface area contributed by atoms with Crippen LogP contribution in [0.25, 0.3) is 21.3 Å². The molecular formula is C27H27N3O4S. The monoisotopic (exact) mass is 489 g/mol. The molecule has 7 nitrogen and oxygen atoms in total. The summed E-state index contributed by atoms with van der Waals surface area (Å²) in [5, 5.41) is 0.771. The molecule has 2 aromatic carbocycles. The van der Waals surface area contributed by atoms with Gasteiger partial charge in [-0.05, 0) is 48.9 Å². The van der Waals surface area contributed by atoms with Gasteiger partial charge in [0.15, 0.2) is 11.5 Å². The molecule has 0 atom stereocenters. The van der Waals surface area contributed by atoms with Crippen molar-refractivity contribution in [2.75, 3.05) is 33.5 Å². The highest BCUT2D eigenvalue weighted by molar-refractivity contribution is 7.21. The summed E-state index contributed by atoms with van der Waals surface area (Å²) in [7, 11) is 5.32. The second-order valence-corrected chi connectivity index (χ2v) is 9.65. The van der Waals surface area contributed by atoms with Gasteiger partial charge in [0.1, 0.15) is 15.5 Å². The number of fused-ring (bicyclic) bond motifs is 2. The third-order valence-corrected chi connectivity index (χ3v) is 7.45. The van der Waals surface area contributed by atoms with Crippen LogP contribution in [0.15, 0.2) is 42.5 Å². The van der Waals surface area contributed by atoms with Crippen LogP contribution in [-0.4, -0.2) is 43.7 Å². The van der Waals surface area contributed by atoms with E-state index in [1.165, 1.54) is 11.3 Å². The number of nitrogen functional groups attached to an aromatic ring is 1. The summed E-state index contributed by atoms with van der Waals surface area (Å²) in [6.45, 7) is 3.55. The maximum Gasteiger partial charge on any atom is 0.355 e. The van der Waals surface area contributed by atoms with E-state index in [-0.39, 0.29) is 0 Å². The molecule has 0 aliphatic carbocycles. The van der Waals surface area contributed by atoms with E-state index in [0.717, 1.165) is 57.7 Å². The molecule has 2 N–H and O–H groups in total. The summed E-state index contributed by atoms with van der Waals surface area (Å²) in [5.41, 5.74) is 12.0. The molecule has 1 aliphatic heterocycles. The molecule has 0 unspecified atom stereocenters. The second-order valence-electron chi connectivity index (χ2n) is 8.65. The van der Waals surface area contributed by atoms with E-state index < -0.39 is 5.97 Å².